The van der Waals surface area contributed by atoms with Crippen molar-refractivity contribution in [2.24, 2.45) is 19.2 Å². The number of nitrogens with one attached hydrogen (secondary N) is 1. The number of hydrazone groups is 1. The van der Waals surface area contributed by atoms with Crippen molar-refractivity contribution in [2.75, 3.05) is 5.43 Å². The molecule has 0 saturated heterocycles. The molecule has 1 N–H and O–H groups in total. The zero-order valence-electron chi connectivity index (χ0n) is 13.9. The van der Waals surface area contributed by atoms with Gasteiger partial charge in [0.25, 0.3) is 0 Å². The minimum atomic E-state index is 0.973. The van der Waals surface area contributed by atoms with Gasteiger partial charge in [0.05, 0.1) is 17.6 Å². The smallest absolute Gasteiger partial charge is 0.169 e. The fourth-order valence-corrected chi connectivity index (χ4v) is 2.33. The first-order chi connectivity index (χ1) is 11.7. The molecular weight excluding hydrogens is 296 g/mol. The molecule has 0 aliphatic heterocycles. The average Bonchev–Trinajstić information content (AvgIpc) is 2.96. The summed E-state index contributed by atoms with van der Waals surface area (Å²) < 4.78 is 4.13. The van der Waals surface area contributed by atoms with Crippen LogP contribution in [0.2, 0.25) is 0 Å². The molecule has 24 heavy (non-hydrogen) atoms. The van der Waals surface area contributed by atoms with Crippen molar-refractivity contribution in [3.8, 4) is 0 Å². The molecule has 4 heteroatoms. The standard InChI is InChI=1S/C20H20N4/c1-23-14-12-17(13-15-23)8-9-19-10-11-20(24(19)2)16-21-22-18-6-4-3-5-7-18/h3-16H,1-2H3/p+1. The number of benzene rings is 1. The second-order valence-corrected chi connectivity index (χ2v) is 5.61. The molecule has 4 nitrogen and oxygen atoms in total. The molecule has 2 aromatic heterocycles. The van der Waals surface area contributed by atoms with Gasteiger partial charge in [-0.15, -0.1) is 0 Å². The van der Waals surface area contributed by atoms with Gasteiger partial charge in [-0.2, -0.15) is 5.10 Å². The minimum Gasteiger partial charge on any atom is -0.343 e. The first kappa shape index (κ1) is 15.7. The van der Waals surface area contributed by atoms with Gasteiger partial charge in [0.2, 0.25) is 0 Å². The van der Waals surface area contributed by atoms with E-state index in [1.54, 1.807) is 0 Å². The largest absolute Gasteiger partial charge is 0.343 e. The summed E-state index contributed by atoms with van der Waals surface area (Å²) in [5.41, 5.74) is 7.35. The van der Waals surface area contributed by atoms with E-state index in [9.17, 15) is 0 Å². The van der Waals surface area contributed by atoms with E-state index < -0.39 is 0 Å². The van der Waals surface area contributed by atoms with Gasteiger partial charge in [0, 0.05) is 24.9 Å². The molecule has 0 unspecified atom stereocenters. The molecule has 0 radical (unpaired) electrons. The molecule has 3 rings (SSSR count). The van der Waals surface area contributed by atoms with Gasteiger partial charge in [0.15, 0.2) is 12.4 Å². The van der Waals surface area contributed by atoms with Crippen LogP contribution in [0.4, 0.5) is 5.69 Å². The Labute approximate surface area is 142 Å². The van der Waals surface area contributed by atoms with Gasteiger partial charge in [0.1, 0.15) is 7.05 Å². The highest BCUT2D eigenvalue weighted by Gasteiger charge is 2.00. The summed E-state index contributed by atoms with van der Waals surface area (Å²) in [5.74, 6) is 0. The number of hydrogen-bond acceptors (Lipinski definition) is 2. The maximum Gasteiger partial charge on any atom is 0.169 e. The lowest BCUT2D eigenvalue weighted by Gasteiger charge is -2.02. The van der Waals surface area contributed by atoms with Crippen LogP contribution >= 0.6 is 0 Å². The van der Waals surface area contributed by atoms with Crippen LogP contribution in [0.25, 0.3) is 12.2 Å². The van der Waals surface area contributed by atoms with E-state index in [2.05, 4.69) is 51.5 Å². The molecule has 0 spiro atoms. The van der Waals surface area contributed by atoms with Crippen LogP contribution in [-0.4, -0.2) is 10.8 Å². The maximum atomic E-state index is 4.29. The first-order valence-corrected chi connectivity index (χ1v) is 7.85. The Morgan fingerprint density at radius 1 is 0.917 bits per heavy atom. The van der Waals surface area contributed by atoms with Crippen LogP contribution < -0.4 is 9.99 Å². The van der Waals surface area contributed by atoms with E-state index >= 15 is 0 Å². The number of aromatic nitrogens is 2. The van der Waals surface area contributed by atoms with Crippen LogP contribution in [0, 0.1) is 0 Å². The van der Waals surface area contributed by atoms with E-state index in [1.165, 1.54) is 5.56 Å². The van der Waals surface area contributed by atoms with Crippen molar-refractivity contribution in [2.45, 2.75) is 0 Å². The molecule has 0 aliphatic rings. The number of aryl methyl sites for hydroxylation is 1. The second kappa shape index (κ2) is 7.42. The van der Waals surface area contributed by atoms with E-state index in [0.717, 1.165) is 17.1 Å². The molecule has 0 fully saturated rings. The topological polar surface area (TPSA) is 33.2 Å². The average molecular weight is 317 g/mol. The van der Waals surface area contributed by atoms with Crippen molar-refractivity contribution in [3.05, 3.63) is 83.9 Å². The lowest BCUT2D eigenvalue weighted by molar-refractivity contribution is -0.671. The predicted molar refractivity (Wildman–Crippen MR) is 99.6 cm³/mol. The fraction of sp³-hybridized carbons (Fsp3) is 0.100. The highest BCUT2D eigenvalue weighted by atomic mass is 15.3. The maximum absolute atomic E-state index is 4.29. The molecule has 2 heterocycles. The summed E-state index contributed by atoms with van der Waals surface area (Å²) >= 11 is 0. The predicted octanol–water partition coefficient (Wildman–Crippen LogP) is 3.47. The highest BCUT2D eigenvalue weighted by Crippen LogP contribution is 2.11. The Morgan fingerprint density at radius 2 is 1.62 bits per heavy atom. The third-order valence-corrected chi connectivity index (χ3v) is 3.81. The molecule has 120 valence electrons. The molecule has 0 aliphatic carbocycles. The number of rotatable bonds is 5. The van der Waals surface area contributed by atoms with Crippen LogP contribution in [0.15, 0.2) is 72.1 Å². The number of pyridine rings is 1. The molecular formula is C20H21N4+. The van der Waals surface area contributed by atoms with Gasteiger partial charge < -0.3 is 4.57 Å². The van der Waals surface area contributed by atoms with Crippen molar-refractivity contribution in [3.63, 3.8) is 0 Å². The van der Waals surface area contributed by atoms with Crippen molar-refractivity contribution in [1.82, 2.24) is 4.57 Å². The van der Waals surface area contributed by atoms with Crippen LogP contribution in [0.1, 0.15) is 17.0 Å². The zero-order chi connectivity index (χ0) is 16.8. The van der Waals surface area contributed by atoms with Crippen LogP contribution in [0.3, 0.4) is 0 Å². The zero-order valence-corrected chi connectivity index (χ0v) is 13.9. The van der Waals surface area contributed by atoms with E-state index in [-0.39, 0.29) is 0 Å². The normalized spacial score (nSPS) is 11.4. The summed E-state index contributed by atoms with van der Waals surface area (Å²) in [6.45, 7) is 0. The van der Waals surface area contributed by atoms with Gasteiger partial charge in [-0.25, -0.2) is 4.57 Å². The summed E-state index contributed by atoms with van der Waals surface area (Å²) in [4.78, 5) is 0. The third kappa shape index (κ3) is 3.98. The van der Waals surface area contributed by atoms with E-state index in [4.69, 9.17) is 0 Å². The number of para-hydroxylation sites is 1. The fourth-order valence-electron chi connectivity index (χ4n) is 2.33. The Hall–Kier alpha value is -3.14. The summed E-state index contributed by atoms with van der Waals surface area (Å²) in [6, 6.07) is 18.2. The minimum absolute atomic E-state index is 0.973. The molecule has 0 amide bonds. The molecule has 0 bridgehead atoms. The molecule has 0 saturated carbocycles. The van der Waals surface area contributed by atoms with Crippen molar-refractivity contribution < 1.29 is 4.57 Å². The molecule has 3 aromatic rings. The lowest BCUT2D eigenvalue weighted by atomic mass is 10.2. The molecule has 0 atom stereocenters. The SMILES string of the molecule is Cn1c(C=Cc2cc[n+](C)cc2)ccc1C=NNc1ccccc1. The van der Waals surface area contributed by atoms with Crippen molar-refractivity contribution >= 4 is 24.1 Å². The quantitative estimate of drug-likeness (QED) is 0.436. The third-order valence-electron chi connectivity index (χ3n) is 3.81. The van der Waals surface area contributed by atoms with Crippen molar-refractivity contribution in [1.29, 1.82) is 0 Å². The van der Waals surface area contributed by atoms with Crippen LogP contribution in [-0.2, 0) is 14.1 Å². The number of hydrogen-bond donors (Lipinski definition) is 1. The van der Waals surface area contributed by atoms with Gasteiger partial charge in [-0.05, 0) is 35.9 Å². The summed E-state index contributed by atoms with van der Waals surface area (Å²) in [7, 11) is 4.05. The summed E-state index contributed by atoms with van der Waals surface area (Å²) in [5, 5.41) is 4.29. The van der Waals surface area contributed by atoms with E-state index in [0.29, 0.717) is 0 Å². The monoisotopic (exact) mass is 317 g/mol. The van der Waals surface area contributed by atoms with Gasteiger partial charge >= 0.3 is 0 Å². The Kier molecular flexibility index (Phi) is 4.87. The lowest BCUT2D eigenvalue weighted by Crippen LogP contribution is -2.25. The van der Waals surface area contributed by atoms with Gasteiger partial charge in [-0.1, -0.05) is 24.3 Å². The molecule has 1 aromatic carbocycles. The van der Waals surface area contributed by atoms with Crippen LogP contribution in [0.5, 0.6) is 0 Å². The van der Waals surface area contributed by atoms with E-state index in [1.807, 2.05) is 67.6 Å². The highest BCUT2D eigenvalue weighted by molar-refractivity contribution is 5.80. The first-order valence-electron chi connectivity index (χ1n) is 7.85. The number of nitrogens with zero attached hydrogens (tertiary/aromatic N) is 3. The Balaban J connectivity index is 1.68. The Morgan fingerprint density at radius 3 is 2.38 bits per heavy atom. The Bertz CT molecular complexity index is 843. The second-order valence-electron chi connectivity index (χ2n) is 5.61. The summed E-state index contributed by atoms with van der Waals surface area (Å²) in [6.07, 6.45) is 10.1. The van der Waals surface area contributed by atoms with Gasteiger partial charge in [-0.3, -0.25) is 5.43 Å². The number of anilines is 1.